The van der Waals surface area contributed by atoms with Gasteiger partial charge in [0, 0.05) is 18.6 Å². The Morgan fingerprint density at radius 1 is 1.14 bits per heavy atom. The molecule has 2 atom stereocenters. The molecule has 2 aliphatic rings. The zero-order chi connectivity index (χ0) is 9.80. The molecule has 14 heavy (non-hydrogen) atoms. The highest BCUT2D eigenvalue weighted by atomic mass is 15.2. The first-order chi connectivity index (χ1) is 6.86. The first-order valence-corrected chi connectivity index (χ1v) is 6.33. The Morgan fingerprint density at radius 2 is 2.07 bits per heavy atom. The van der Waals surface area contributed by atoms with E-state index in [0.29, 0.717) is 0 Å². The van der Waals surface area contributed by atoms with Crippen molar-refractivity contribution in [2.75, 3.05) is 19.6 Å². The van der Waals surface area contributed by atoms with Crippen LogP contribution in [0.4, 0.5) is 0 Å². The minimum Gasteiger partial charge on any atom is -0.313 e. The van der Waals surface area contributed by atoms with Crippen molar-refractivity contribution in [2.45, 2.75) is 57.5 Å². The first kappa shape index (κ1) is 10.4. The van der Waals surface area contributed by atoms with Gasteiger partial charge in [-0.25, -0.2) is 0 Å². The van der Waals surface area contributed by atoms with E-state index in [9.17, 15) is 0 Å². The predicted molar refractivity (Wildman–Crippen MR) is 60.5 cm³/mol. The molecule has 1 unspecified atom stereocenters. The molecule has 0 aromatic carbocycles. The Labute approximate surface area is 88.1 Å². The summed E-state index contributed by atoms with van der Waals surface area (Å²) in [6.45, 7) is 6.27. The van der Waals surface area contributed by atoms with Gasteiger partial charge in [-0.3, -0.25) is 4.90 Å². The molecule has 0 aromatic heterocycles. The van der Waals surface area contributed by atoms with E-state index >= 15 is 0 Å². The lowest BCUT2D eigenvalue weighted by Gasteiger charge is -2.29. The Bertz CT molecular complexity index is 164. The van der Waals surface area contributed by atoms with E-state index in [2.05, 4.69) is 17.1 Å². The summed E-state index contributed by atoms with van der Waals surface area (Å²) in [6.07, 6.45) is 8.48. The third-order valence-corrected chi connectivity index (χ3v) is 3.81. The molecule has 0 bridgehead atoms. The zero-order valence-corrected chi connectivity index (χ0v) is 9.47. The molecule has 82 valence electrons. The summed E-state index contributed by atoms with van der Waals surface area (Å²) in [5.74, 6) is 0. The van der Waals surface area contributed by atoms with Crippen LogP contribution < -0.4 is 5.32 Å². The SMILES string of the molecule is CC1CCCCCN1C[C@H]1CCCN1. The molecule has 2 fully saturated rings. The van der Waals surface area contributed by atoms with Crippen LogP contribution in [0, 0.1) is 0 Å². The van der Waals surface area contributed by atoms with Crippen LogP contribution in [-0.2, 0) is 0 Å². The molecule has 0 radical (unpaired) electrons. The smallest absolute Gasteiger partial charge is 0.0195 e. The maximum absolute atomic E-state index is 3.60. The minimum absolute atomic E-state index is 0.788. The maximum Gasteiger partial charge on any atom is 0.0195 e. The van der Waals surface area contributed by atoms with E-state index in [1.54, 1.807) is 0 Å². The Balaban J connectivity index is 1.81. The second-order valence-electron chi connectivity index (χ2n) is 4.99. The molecular formula is C12H24N2. The molecular weight excluding hydrogens is 172 g/mol. The van der Waals surface area contributed by atoms with E-state index < -0.39 is 0 Å². The van der Waals surface area contributed by atoms with E-state index in [0.717, 1.165) is 12.1 Å². The van der Waals surface area contributed by atoms with Crippen molar-refractivity contribution in [2.24, 2.45) is 0 Å². The highest BCUT2D eigenvalue weighted by Crippen LogP contribution is 2.18. The summed E-state index contributed by atoms with van der Waals surface area (Å²) in [7, 11) is 0. The quantitative estimate of drug-likeness (QED) is 0.727. The van der Waals surface area contributed by atoms with Gasteiger partial charge in [-0.2, -0.15) is 0 Å². The fourth-order valence-electron chi connectivity index (χ4n) is 2.80. The minimum atomic E-state index is 0.788. The zero-order valence-electron chi connectivity index (χ0n) is 9.47. The molecule has 1 N–H and O–H groups in total. The Kier molecular flexibility index (Phi) is 3.82. The van der Waals surface area contributed by atoms with Crippen LogP contribution in [0.2, 0.25) is 0 Å². The van der Waals surface area contributed by atoms with Gasteiger partial charge in [0.2, 0.25) is 0 Å². The number of rotatable bonds is 2. The van der Waals surface area contributed by atoms with Crippen molar-refractivity contribution in [3.05, 3.63) is 0 Å². The lowest BCUT2D eigenvalue weighted by Crippen LogP contribution is -2.42. The van der Waals surface area contributed by atoms with Gasteiger partial charge in [0.1, 0.15) is 0 Å². The maximum atomic E-state index is 3.60. The van der Waals surface area contributed by atoms with Crippen molar-refractivity contribution >= 4 is 0 Å². The van der Waals surface area contributed by atoms with Gasteiger partial charge in [0.25, 0.3) is 0 Å². The van der Waals surface area contributed by atoms with Crippen molar-refractivity contribution in [3.8, 4) is 0 Å². The Morgan fingerprint density at radius 3 is 2.86 bits per heavy atom. The molecule has 2 nitrogen and oxygen atoms in total. The molecule has 2 aliphatic heterocycles. The van der Waals surface area contributed by atoms with Gasteiger partial charge >= 0.3 is 0 Å². The number of hydrogen-bond donors (Lipinski definition) is 1. The molecule has 0 saturated carbocycles. The van der Waals surface area contributed by atoms with E-state index in [-0.39, 0.29) is 0 Å². The van der Waals surface area contributed by atoms with Crippen LogP contribution in [-0.4, -0.2) is 36.6 Å². The monoisotopic (exact) mass is 196 g/mol. The summed E-state index contributed by atoms with van der Waals surface area (Å²) in [5, 5.41) is 3.60. The topological polar surface area (TPSA) is 15.3 Å². The first-order valence-electron chi connectivity index (χ1n) is 6.33. The average Bonchev–Trinajstić information content (AvgIpc) is 2.60. The van der Waals surface area contributed by atoms with Gasteiger partial charge < -0.3 is 5.32 Å². The molecule has 0 aromatic rings. The number of nitrogens with zero attached hydrogens (tertiary/aromatic N) is 1. The van der Waals surface area contributed by atoms with Gasteiger partial charge in [-0.1, -0.05) is 12.8 Å². The van der Waals surface area contributed by atoms with E-state index in [1.807, 2.05) is 0 Å². The standard InChI is InChI=1S/C12H24N2/c1-11-6-3-2-4-9-14(11)10-12-7-5-8-13-12/h11-13H,2-10H2,1H3/t11?,12-/m1/s1. The fourth-order valence-corrected chi connectivity index (χ4v) is 2.80. The van der Waals surface area contributed by atoms with Gasteiger partial charge in [0.15, 0.2) is 0 Å². The lowest BCUT2D eigenvalue weighted by molar-refractivity contribution is 0.195. The van der Waals surface area contributed by atoms with Crippen LogP contribution in [0.15, 0.2) is 0 Å². The lowest BCUT2D eigenvalue weighted by atomic mass is 10.1. The number of hydrogen-bond acceptors (Lipinski definition) is 2. The molecule has 0 amide bonds. The molecule has 0 spiro atoms. The summed E-state index contributed by atoms with van der Waals surface area (Å²) in [5.41, 5.74) is 0. The van der Waals surface area contributed by atoms with Crippen LogP contribution in [0.1, 0.15) is 45.4 Å². The third-order valence-electron chi connectivity index (χ3n) is 3.81. The molecule has 2 heteroatoms. The summed E-state index contributed by atoms with van der Waals surface area (Å²) in [6, 6.07) is 1.61. The molecule has 2 heterocycles. The van der Waals surface area contributed by atoms with E-state index in [1.165, 1.54) is 58.2 Å². The normalized spacial score (nSPS) is 35.8. The van der Waals surface area contributed by atoms with Crippen LogP contribution in [0.25, 0.3) is 0 Å². The Hall–Kier alpha value is -0.0800. The second kappa shape index (κ2) is 5.13. The number of likely N-dealkylation sites (tertiary alicyclic amines) is 1. The largest absolute Gasteiger partial charge is 0.313 e. The fraction of sp³-hybridized carbons (Fsp3) is 1.00. The van der Waals surface area contributed by atoms with Gasteiger partial charge in [-0.05, 0) is 45.7 Å². The van der Waals surface area contributed by atoms with Gasteiger partial charge in [-0.15, -0.1) is 0 Å². The molecule has 2 saturated heterocycles. The summed E-state index contributed by atoms with van der Waals surface area (Å²) >= 11 is 0. The third kappa shape index (κ3) is 2.71. The molecule has 2 rings (SSSR count). The summed E-state index contributed by atoms with van der Waals surface area (Å²) in [4.78, 5) is 2.70. The highest BCUT2D eigenvalue weighted by molar-refractivity contribution is 4.81. The van der Waals surface area contributed by atoms with Crippen LogP contribution in [0.5, 0.6) is 0 Å². The van der Waals surface area contributed by atoms with Crippen molar-refractivity contribution in [1.29, 1.82) is 0 Å². The predicted octanol–water partition coefficient (Wildman–Crippen LogP) is 2.00. The van der Waals surface area contributed by atoms with Crippen LogP contribution in [0.3, 0.4) is 0 Å². The highest BCUT2D eigenvalue weighted by Gasteiger charge is 2.22. The van der Waals surface area contributed by atoms with Crippen molar-refractivity contribution in [1.82, 2.24) is 10.2 Å². The second-order valence-corrected chi connectivity index (χ2v) is 4.99. The summed E-state index contributed by atoms with van der Waals surface area (Å²) < 4.78 is 0. The van der Waals surface area contributed by atoms with E-state index in [4.69, 9.17) is 0 Å². The molecule has 0 aliphatic carbocycles. The van der Waals surface area contributed by atoms with Crippen molar-refractivity contribution < 1.29 is 0 Å². The van der Waals surface area contributed by atoms with Gasteiger partial charge in [0.05, 0.1) is 0 Å². The van der Waals surface area contributed by atoms with Crippen LogP contribution >= 0.6 is 0 Å². The average molecular weight is 196 g/mol. The van der Waals surface area contributed by atoms with Crippen molar-refractivity contribution in [3.63, 3.8) is 0 Å². The number of nitrogens with one attached hydrogen (secondary N) is 1.